The van der Waals surface area contributed by atoms with Crippen LogP contribution in [0.3, 0.4) is 0 Å². The Balaban J connectivity index is 2.87. The molecule has 2 N–H and O–H groups in total. The van der Waals surface area contributed by atoms with Gasteiger partial charge in [-0.2, -0.15) is 0 Å². The van der Waals surface area contributed by atoms with Gasteiger partial charge < -0.3 is 19.5 Å². The lowest BCUT2D eigenvalue weighted by molar-refractivity contribution is -0.143. The fourth-order valence-corrected chi connectivity index (χ4v) is 1.77. The summed E-state index contributed by atoms with van der Waals surface area (Å²) in [6, 6.07) is 4.23. The number of esters is 1. The highest BCUT2D eigenvalue weighted by molar-refractivity contribution is 5.77. The fourth-order valence-electron chi connectivity index (χ4n) is 1.77. The number of phenolic OH excluding ortho intramolecular Hbond substituents is 1. The van der Waals surface area contributed by atoms with Gasteiger partial charge >= 0.3 is 5.97 Å². The molecule has 0 fully saturated rings. The van der Waals surface area contributed by atoms with Gasteiger partial charge in [-0.05, 0) is 31.8 Å². The van der Waals surface area contributed by atoms with Crippen molar-refractivity contribution in [2.24, 2.45) is 0 Å². The molecule has 0 aliphatic carbocycles. The number of hydrogen-bond donors (Lipinski definition) is 2. The second-order valence-electron chi connectivity index (χ2n) is 4.64. The van der Waals surface area contributed by atoms with E-state index in [-0.39, 0.29) is 5.75 Å². The van der Waals surface area contributed by atoms with E-state index in [9.17, 15) is 9.90 Å². The van der Waals surface area contributed by atoms with Gasteiger partial charge in [0.25, 0.3) is 0 Å². The Morgan fingerprint density at radius 2 is 2.10 bits per heavy atom. The lowest BCUT2D eigenvalue weighted by atomic mass is 10.1. The maximum atomic E-state index is 11.8. The van der Waals surface area contributed by atoms with Gasteiger partial charge in [-0.25, -0.2) is 4.79 Å². The van der Waals surface area contributed by atoms with Crippen molar-refractivity contribution in [2.45, 2.75) is 6.04 Å². The number of hydrogen-bond acceptors (Lipinski definition) is 6. The van der Waals surface area contributed by atoms with Crippen LogP contribution in [0, 0.1) is 0 Å². The van der Waals surface area contributed by atoms with Crippen molar-refractivity contribution in [1.82, 2.24) is 10.2 Å². The van der Waals surface area contributed by atoms with Gasteiger partial charge in [0, 0.05) is 13.1 Å². The molecule has 6 heteroatoms. The van der Waals surface area contributed by atoms with Gasteiger partial charge in [-0.3, -0.25) is 5.32 Å². The molecule has 1 aromatic rings. The second-order valence-corrected chi connectivity index (χ2v) is 4.64. The molecule has 0 aromatic heterocycles. The Kier molecular flexibility index (Phi) is 6.27. The molecule has 6 nitrogen and oxygen atoms in total. The molecule has 1 atom stereocenters. The van der Waals surface area contributed by atoms with E-state index in [1.807, 2.05) is 19.0 Å². The molecular weight excluding hydrogens is 260 g/mol. The monoisotopic (exact) mass is 282 g/mol. The van der Waals surface area contributed by atoms with E-state index in [4.69, 9.17) is 9.47 Å². The van der Waals surface area contributed by atoms with Crippen LogP contribution in [-0.4, -0.2) is 57.4 Å². The molecule has 1 rings (SSSR count). The molecule has 1 unspecified atom stereocenters. The smallest absolute Gasteiger partial charge is 0.327 e. The van der Waals surface area contributed by atoms with E-state index in [0.717, 1.165) is 6.54 Å². The molecule has 0 aliphatic rings. The Hall–Kier alpha value is -1.79. The third-order valence-electron chi connectivity index (χ3n) is 2.88. The SMILES string of the molecule is COC(=O)C(NCCN(C)C)c1ccc(OC)c(O)c1. The average molecular weight is 282 g/mol. The van der Waals surface area contributed by atoms with Crippen LogP contribution in [0.4, 0.5) is 0 Å². The number of benzene rings is 1. The van der Waals surface area contributed by atoms with Gasteiger partial charge in [0.15, 0.2) is 11.5 Å². The molecule has 0 heterocycles. The zero-order chi connectivity index (χ0) is 15.1. The summed E-state index contributed by atoms with van der Waals surface area (Å²) in [6.07, 6.45) is 0. The summed E-state index contributed by atoms with van der Waals surface area (Å²) < 4.78 is 9.78. The maximum Gasteiger partial charge on any atom is 0.327 e. The number of carbonyl (C=O) groups excluding carboxylic acids is 1. The lowest BCUT2D eigenvalue weighted by Crippen LogP contribution is -2.34. The summed E-state index contributed by atoms with van der Waals surface area (Å²) in [6.45, 7) is 1.41. The molecule has 1 aromatic carbocycles. The number of nitrogens with zero attached hydrogens (tertiary/aromatic N) is 1. The zero-order valence-electron chi connectivity index (χ0n) is 12.3. The first-order valence-electron chi connectivity index (χ1n) is 6.32. The number of likely N-dealkylation sites (N-methyl/N-ethyl adjacent to an activating group) is 1. The first-order valence-corrected chi connectivity index (χ1v) is 6.32. The Morgan fingerprint density at radius 3 is 2.60 bits per heavy atom. The molecule has 0 bridgehead atoms. The molecule has 0 spiro atoms. The third-order valence-corrected chi connectivity index (χ3v) is 2.88. The molecule has 0 saturated carbocycles. The molecular formula is C14H22N2O4. The van der Waals surface area contributed by atoms with Crippen molar-refractivity contribution in [2.75, 3.05) is 41.4 Å². The van der Waals surface area contributed by atoms with Gasteiger partial charge in [0.2, 0.25) is 0 Å². The summed E-state index contributed by atoms with van der Waals surface area (Å²) in [7, 11) is 6.72. The van der Waals surface area contributed by atoms with E-state index in [1.165, 1.54) is 20.3 Å². The van der Waals surface area contributed by atoms with Crippen LogP contribution in [0.25, 0.3) is 0 Å². The van der Waals surface area contributed by atoms with Crippen molar-refractivity contribution in [3.8, 4) is 11.5 Å². The Bertz CT molecular complexity index is 449. The number of aromatic hydroxyl groups is 1. The first-order chi connectivity index (χ1) is 9.49. The van der Waals surface area contributed by atoms with E-state index >= 15 is 0 Å². The summed E-state index contributed by atoms with van der Waals surface area (Å²) in [5.74, 6) is -0.0349. The predicted octanol–water partition coefficient (Wildman–Crippen LogP) is 0.766. The molecule has 0 saturated heterocycles. The molecule has 112 valence electrons. The van der Waals surface area contributed by atoms with E-state index in [1.54, 1.807) is 12.1 Å². The largest absolute Gasteiger partial charge is 0.504 e. The van der Waals surface area contributed by atoms with Crippen LogP contribution in [0.5, 0.6) is 11.5 Å². The van der Waals surface area contributed by atoms with Crippen LogP contribution >= 0.6 is 0 Å². The van der Waals surface area contributed by atoms with Gasteiger partial charge in [-0.1, -0.05) is 6.07 Å². The van der Waals surface area contributed by atoms with E-state index in [0.29, 0.717) is 17.9 Å². The number of ether oxygens (including phenoxy) is 2. The van der Waals surface area contributed by atoms with Crippen molar-refractivity contribution in [1.29, 1.82) is 0 Å². The summed E-state index contributed by atoms with van der Waals surface area (Å²) >= 11 is 0. The minimum atomic E-state index is -0.614. The van der Waals surface area contributed by atoms with Crippen molar-refractivity contribution in [3.05, 3.63) is 23.8 Å². The van der Waals surface area contributed by atoms with Crippen LogP contribution < -0.4 is 10.1 Å². The first kappa shape index (κ1) is 16.3. The number of carbonyl (C=O) groups is 1. The van der Waals surface area contributed by atoms with Crippen LogP contribution in [0.2, 0.25) is 0 Å². The molecule has 20 heavy (non-hydrogen) atoms. The lowest BCUT2D eigenvalue weighted by Gasteiger charge is -2.19. The molecule has 0 amide bonds. The fraction of sp³-hybridized carbons (Fsp3) is 0.500. The van der Waals surface area contributed by atoms with Gasteiger partial charge in [0.1, 0.15) is 6.04 Å². The highest BCUT2D eigenvalue weighted by atomic mass is 16.5. The number of methoxy groups -OCH3 is 2. The molecule has 0 radical (unpaired) electrons. The van der Waals surface area contributed by atoms with Crippen molar-refractivity contribution in [3.63, 3.8) is 0 Å². The van der Waals surface area contributed by atoms with Crippen LogP contribution in [0.15, 0.2) is 18.2 Å². The Labute approximate surface area is 119 Å². The van der Waals surface area contributed by atoms with E-state index in [2.05, 4.69) is 5.32 Å². The highest BCUT2D eigenvalue weighted by Crippen LogP contribution is 2.29. The topological polar surface area (TPSA) is 71.0 Å². The average Bonchev–Trinajstić information content (AvgIpc) is 2.42. The summed E-state index contributed by atoms with van der Waals surface area (Å²) in [5, 5.41) is 12.9. The molecule has 0 aliphatic heterocycles. The highest BCUT2D eigenvalue weighted by Gasteiger charge is 2.21. The normalized spacial score (nSPS) is 12.2. The van der Waals surface area contributed by atoms with Crippen LogP contribution in [0.1, 0.15) is 11.6 Å². The Morgan fingerprint density at radius 1 is 1.40 bits per heavy atom. The second kappa shape index (κ2) is 7.72. The predicted molar refractivity (Wildman–Crippen MR) is 76.0 cm³/mol. The minimum absolute atomic E-state index is 0.00619. The van der Waals surface area contributed by atoms with Gasteiger partial charge in [-0.15, -0.1) is 0 Å². The quantitative estimate of drug-likeness (QED) is 0.720. The van der Waals surface area contributed by atoms with Crippen molar-refractivity contribution >= 4 is 5.97 Å². The number of rotatable bonds is 7. The van der Waals surface area contributed by atoms with Crippen molar-refractivity contribution < 1.29 is 19.4 Å². The zero-order valence-corrected chi connectivity index (χ0v) is 12.3. The maximum absolute atomic E-state index is 11.8. The number of nitrogens with one attached hydrogen (secondary N) is 1. The summed E-state index contributed by atoms with van der Waals surface area (Å²) in [4.78, 5) is 13.8. The third kappa shape index (κ3) is 4.40. The minimum Gasteiger partial charge on any atom is -0.504 e. The number of phenols is 1. The van der Waals surface area contributed by atoms with Crippen LogP contribution in [-0.2, 0) is 9.53 Å². The van der Waals surface area contributed by atoms with E-state index < -0.39 is 12.0 Å². The summed E-state index contributed by atoms with van der Waals surface area (Å²) in [5.41, 5.74) is 0.633. The standard InChI is InChI=1S/C14H22N2O4/c1-16(2)8-7-15-13(14(18)20-4)10-5-6-12(19-3)11(17)9-10/h5-6,9,13,15,17H,7-8H2,1-4H3. The van der Waals surface area contributed by atoms with Gasteiger partial charge in [0.05, 0.1) is 14.2 Å².